The fourth-order valence-electron chi connectivity index (χ4n) is 1.77. The average Bonchev–Trinajstić information content (AvgIpc) is 2.87. The maximum absolute atomic E-state index is 4.42. The first-order chi connectivity index (χ1) is 8.83. The predicted octanol–water partition coefficient (Wildman–Crippen LogP) is 3.65. The molecule has 0 aliphatic heterocycles. The molecule has 0 N–H and O–H groups in total. The summed E-state index contributed by atoms with van der Waals surface area (Å²) in [5.74, 6) is 0. The minimum absolute atomic E-state index is 0.892. The highest BCUT2D eigenvalue weighted by molar-refractivity contribution is 7.17. The van der Waals surface area contributed by atoms with E-state index in [0.717, 1.165) is 22.3 Å². The van der Waals surface area contributed by atoms with Gasteiger partial charge in [0.1, 0.15) is 0 Å². The number of allylic oxidation sites excluding steroid dienone is 1. The Balaban J connectivity index is 2.00. The van der Waals surface area contributed by atoms with E-state index in [1.54, 1.807) is 29.9 Å². The number of hydrogen-bond donors (Lipinski definition) is 0. The molecule has 0 amide bonds. The SMILES string of the molecule is CC(=Cc1cnc2ccsc2c1)c1cnccn1. The highest BCUT2D eigenvalue weighted by Gasteiger charge is 2.00. The highest BCUT2D eigenvalue weighted by atomic mass is 32.1. The van der Waals surface area contributed by atoms with Gasteiger partial charge in [-0.1, -0.05) is 0 Å². The van der Waals surface area contributed by atoms with Gasteiger partial charge in [-0.3, -0.25) is 15.0 Å². The highest BCUT2D eigenvalue weighted by Crippen LogP contribution is 2.22. The van der Waals surface area contributed by atoms with Gasteiger partial charge in [0.15, 0.2) is 0 Å². The normalized spacial score (nSPS) is 11.9. The Bertz CT molecular complexity index is 701. The lowest BCUT2D eigenvalue weighted by atomic mass is 10.1. The quantitative estimate of drug-likeness (QED) is 0.699. The molecule has 4 heteroatoms. The van der Waals surface area contributed by atoms with Gasteiger partial charge in [0.25, 0.3) is 0 Å². The molecule has 0 radical (unpaired) electrons. The zero-order chi connectivity index (χ0) is 12.4. The minimum Gasteiger partial charge on any atom is -0.261 e. The number of nitrogens with zero attached hydrogens (tertiary/aromatic N) is 3. The first-order valence-electron chi connectivity index (χ1n) is 5.61. The van der Waals surface area contributed by atoms with Crippen LogP contribution in [0.5, 0.6) is 0 Å². The Morgan fingerprint density at radius 2 is 2.17 bits per heavy atom. The number of fused-ring (bicyclic) bond motifs is 1. The number of pyridine rings is 1. The largest absolute Gasteiger partial charge is 0.261 e. The van der Waals surface area contributed by atoms with Crippen LogP contribution >= 0.6 is 11.3 Å². The van der Waals surface area contributed by atoms with Crippen LogP contribution in [0.4, 0.5) is 0 Å². The third-order valence-corrected chi connectivity index (χ3v) is 3.53. The number of aromatic nitrogens is 3. The summed E-state index contributed by atoms with van der Waals surface area (Å²) in [4.78, 5) is 12.8. The smallest absolute Gasteiger partial charge is 0.0842 e. The van der Waals surface area contributed by atoms with Crippen molar-refractivity contribution in [3.63, 3.8) is 0 Å². The van der Waals surface area contributed by atoms with E-state index in [9.17, 15) is 0 Å². The first kappa shape index (κ1) is 11.0. The molecule has 0 unspecified atom stereocenters. The van der Waals surface area contributed by atoms with E-state index < -0.39 is 0 Å². The zero-order valence-corrected chi connectivity index (χ0v) is 10.7. The van der Waals surface area contributed by atoms with Crippen LogP contribution in [0.3, 0.4) is 0 Å². The van der Waals surface area contributed by atoms with E-state index in [1.165, 1.54) is 4.70 Å². The Hall–Kier alpha value is -2.07. The van der Waals surface area contributed by atoms with Gasteiger partial charge in [-0.05, 0) is 41.6 Å². The van der Waals surface area contributed by atoms with Crippen LogP contribution in [0.25, 0.3) is 21.9 Å². The van der Waals surface area contributed by atoms with Crippen molar-refractivity contribution in [2.45, 2.75) is 6.92 Å². The summed E-state index contributed by atoms with van der Waals surface area (Å²) in [5, 5.41) is 2.06. The molecule has 0 fully saturated rings. The summed E-state index contributed by atoms with van der Waals surface area (Å²) in [6, 6.07) is 4.18. The molecule has 3 nitrogen and oxygen atoms in total. The second kappa shape index (κ2) is 4.66. The fraction of sp³-hybridized carbons (Fsp3) is 0.0714. The van der Waals surface area contributed by atoms with Gasteiger partial charge >= 0.3 is 0 Å². The van der Waals surface area contributed by atoms with Crippen LogP contribution < -0.4 is 0 Å². The monoisotopic (exact) mass is 253 g/mol. The Kier molecular flexibility index (Phi) is 2.86. The van der Waals surface area contributed by atoms with Gasteiger partial charge in [-0.2, -0.15) is 0 Å². The van der Waals surface area contributed by atoms with Gasteiger partial charge in [-0.15, -0.1) is 11.3 Å². The first-order valence-corrected chi connectivity index (χ1v) is 6.49. The molecule has 0 saturated carbocycles. The molecule has 0 aliphatic carbocycles. The van der Waals surface area contributed by atoms with Crippen molar-refractivity contribution in [3.8, 4) is 0 Å². The molecule has 3 aromatic heterocycles. The standard InChI is InChI=1S/C14H11N3S/c1-10(13-9-15-3-4-16-13)6-11-7-14-12(17-8-11)2-5-18-14/h2-9H,1H3. The van der Waals surface area contributed by atoms with Crippen LogP contribution in [0, 0.1) is 0 Å². The van der Waals surface area contributed by atoms with E-state index in [2.05, 4.69) is 32.5 Å². The molecule has 3 heterocycles. The zero-order valence-electron chi connectivity index (χ0n) is 9.87. The number of rotatable bonds is 2. The van der Waals surface area contributed by atoms with Crippen LogP contribution in [-0.2, 0) is 0 Å². The summed E-state index contributed by atoms with van der Waals surface area (Å²) in [7, 11) is 0. The molecule has 0 spiro atoms. The average molecular weight is 253 g/mol. The van der Waals surface area contributed by atoms with Crippen molar-refractivity contribution in [1.82, 2.24) is 15.0 Å². The number of thiophene rings is 1. The van der Waals surface area contributed by atoms with E-state index in [-0.39, 0.29) is 0 Å². The van der Waals surface area contributed by atoms with E-state index in [1.807, 2.05) is 19.2 Å². The lowest BCUT2D eigenvalue weighted by Crippen LogP contribution is -1.86. The lowest BCUT2D eigenvalue weighted by molar-refractivity contribution is 1.17. The molecule has 3 aromatic rings. The van der Waals surface area contributed by atoms with Crippen molar-refractivity contribution in [3.05, 3.63) is 53.6 Å². The Morgan fingerprint density at radius 3 is 3.00 bits per heavy atom. The molecular weight excluding hydrogens is 242 g/mol. The molecule has 0 aromatic carbocycles. The molecular formula is C14H11N3S. The third-order valence-electron chi connectivity index (χ3n) is 2.67. The van der Waals surface area contributed by atoms with Crippen molar-refractivity contribution >= 4 is 33.2 Å². The Morgan fingerprint density at radius 1 is 1.22 bits per heavy atom. The molecule has 3 rings (SSSR count). The van der Waals surface area contributed by atoms with Crippen LogP contribution in [0.2, 0.25) is 0 Å². The van der Waals surface area contributed by atoms with Gasteiger partial charge < -0.3 is 0 Å². The van der Waals surface area contributed by atoms with E-state index in [0.29, 0.717) is 0 Å². The summed E-state index contributed by atoms with van der Waals surface area (Å²) in [6.07, 6.45) is 9.11. The van der Waals surface area contributed by atoms with Gasteiger partial charge in [-0.25, -0.2) is 0 Å². The lowest BCUT2D eigenvalue weighted by Gasteiger charge is -2.00. The van der Waals surface area contributed by atoms with Crippen LogP contribution in [0.15, 0.2) is 42.3 Å². The van der Waals surface area contributed by atoms with Crippen molar-refractivity contribution < 1.29 is 0 Å². The summed E-state index contributed by atoms with van der Waals surface area (Å²) < 4.78 is 1.20. The van der Waals surface area contributed by atoms with E-state index in [4.69, 9.17) is 0 Å². The molecule has 0 bridgehead atoms. The Labute approximate surface area is 109 Å². The summed E-state index contributed by atoms with van der Waals surface area (Å²) >= 11 is 1.70. The summed E-state index contributed by atoms with van der Waals surface area (Å²) in [6.45, 7) is 2.03. The molecule has 0 atom stereocenters. The van der Waals surface area contributed by atoms with Gasteiger partial charge in [0, 0.05) is 18.6 Å². The van der Waals surface area contributed by atoms with Crippen LogP contribution in [0.1, 0.15) is 18.2 Å². The molecule has 88 valence electrons. The van der Waals surface area contributed by atoms with Crippen molar-refractivity contribution in [2.24, 2.45) is 0 Å². The maximum atomic E-state index is 4.42. The number of hydrogen-bond acceptors (Lipinski definition) is 4. The molecule has 18 heavy (non-hydrogen) atoms. The van der Waals surface area contributed by atoms with Gasteiger partial charge in [0.05, 0.1) is 22.1 Å². The minimum atomic E-state index is 0.892. The van der Waals surface area contributed by atoms with Crippen molar-refractivity contribution in [2.75, 3.05) is 0 Å². The maximum Gasteiger partial charge on any atom is 0.0842 e. The second-order valence-corrected chi connectivity index (χ2v) is 4.94. The van der Waals surface area contributed by atoms with Gasteiger partial charge in [0.2, 0.25) is 0 Å². The van der Waals surface area contributed by atoms with E-state index >= 15 is 0 Å². The van der Waals surface area contributed by atoms with Crippen LogP contribution in [-0.4, -0.2) is 15.0 Å². The second-order valence-electron chi connectivity index (χ2n) is 3.99. The predicted molar refractivity (Wildman–Crippen MR) is 75.2 cm³/mol. The van der Waals surface area contributed by atoms with Crippen molar-refractivity contribution in [1.29, 1.82) is 0 Å². The topological polar surface area (TPSA) is 38.7 Å². The molecule has 0 aliphatic rings. The fourth-order valence-corrected chi connectivity index (χ4v) is 2.56. The summed E-state index contributed by atoms with van der Waals surface area (Å²) in [5.41, 5.74) is 4.12. The third kappa shape index (κ3) is 2.15. The molecule has 0 saturated heterocycles.